The van der Waals surface area contributed by atoms with Crippen LogP contribution in [0.4, 0.5) is 4.39 Å². The minimum absolute atomic E-state index is 0.0697. The van der Waals surface area contributed by atoms with Gasteiger partial charge in [0, 0.05) is 36.0 Å². The second-order valence-electron chi connectivity index (χ2n) is 9.35. The summed E-state index contributed by atoms with van der Waals surface area (Å²) in [6, 6.07) is 11.8. The van der Waals surface area contributed by atoms with Gasteiger partial charge >= 0.3 is 0 Å². The van der Waals surface area contributed by atoms with Crippen molar-refractivity contribution in [2.24, 2.45) is 5.92 Å². The minimum atomic E-state index is -3.21. The average molecular weight is 463 g/mol. The number of halogens is 2. The molecule has 166 valence electrons. The Balaban J connectivity index is 1.37. The van der Waals surface area contributed by atoms with Gasteiger partial charge < -0.3 is 5.32 Å². The quantitative estimate of drug-likeness (QED) is 0.674. The Morgan fingerprint density at radius 2 is 1.94 bits per heavy atom. The molecule has 0 bridgehead atoms. The van der Waals surface area contributed by atoms with Crippen LogP contribution in [0.2, 0.25) is 5.02 Å². The summed E-state index contributed by atoms with van der Waals surface area (Å²) in [7, 11) is -1.25. The lowest BCUT2D eigenvalue weighted by atomic mass is 9.86. The number of fused-ring (bicyclic) bond motifs is 1. The number of rotatable bonds is 7. The highest BCUT2D eigenvalue weighted by Crippen LogP contribution is 2.41. The third kappa shape index (κ3) is 4.28. The highest BCUT2D eigenvalue weighted by molar-refractivity contribution is 7.89. The molecule has 0 amide bonds. The Morgan fingerprint density at radius 1 is 1.16 bits per heavy atom. The number of benzene rings is 2. The standard InChI is InChI=1S/C24H28ClFN2O2S/c1-27-24-10-17-9-23(26)21(18-12-28(13-18)31(29,30)14-15-5-6-15)11-20(17)22(24)8-16-3-2-4-19(25)7-16/h2-4,7,9,11,15,18,22,24,27H,5-6,8,10,12-14H2,1H3. The van der Waals surface area contributed by atoms with E-state index in [1.54, 1.807) is 6.07 Å². The maximum absolute atomic E-state index is 15.0. The molecule has 0 radical (unpaired) electrons. The Morgan fingerprint density at radius 3 is 2.61 bits per heavy atom. The molecule has 5 rings (SSSR count). The molecule has 1 saturated carbocycles. The van der Waals surface area contributed by atoms with Crippen LogP contribution >= 0.6 is 11.6 Å². The van der Waals surface area contributed by atoms with E-state index in [1.807, 2.05) is 31.3 Å². The molecule has 2 aliphatic carbocycles. The van der Waals surface area contributed by atoms with Crippen molar-refractivity contribution in [1.29, 1.82) is 0 Å². The number of nitrogens with zero attached hydrogens (tertiary/aromatic N) is 1. The van der Waals surface area contributed by atoms with Crippen LogP contribution in [0.1, 0.15) is 46.9 Å². The van der Waals surface area contributed by atoms with E-state index in [1.165, 1.54) is 9.87 Å². The Kier molecular flexibility index (Phi) is 5.62. The minimum Gasteiger partial charge on any atom is -0.316 e. The first-order valence-corrected chi connectivity index (χ1v) is 13.0. The van der Waals surface area contributed by atoms with Gasteiger partial charge in [0.05, 0.1) is 5.75 Å². The highest BCUT2D eigenvalue weighted by atomic mass is 35.5. The zero-order valence-electron chi connectivity index (χ0n) is 17.7. The van der Waals surface area contributed by atoms with E-state index in [9.17, 15) is 12.8 Å². The number of hydrogen-bond donors (Lipinski definition) is 1. The SMILES string of the molecule is CNC1Cc2cc(F)c(C3CN(S(=O)(=O)CC4CC4)C3)cc2C1Cc1cccc(Cl)c1. The van der Waals surface area contributed by atoms with Crippen LogP contribution in [0, 0.1) is 11.7 Å². The molecule has 0 spiro atoms. The molecule has 1 heterocycles. The smallest absolute Gasteiger partial charge is 0.214 e. The van der Waals surface area contributed by atoms with Crippen molar-refractivity contribution >= 4 is 21.6 Å². The monoisotopic (exact) mass is 462 g/mol. The number of likely N-dealkylation sites (N-methyl/N-ethyl adjacent to an activating group) is 1. The average Bonchev–Trinajstić information content (AvgIpc) is 3.41. The van der Waals surface area contributed by atoms with E-state index >= 15 is 0 Å². The maximum Gasteiger partial charge on any atom is 0.214 e. The van der Waals surface area contributed by atoms with Crippen LogP contribution in [-0.2, 0) is 22.9 Å². The van der Waals surface area contributed by atoms with E-state index in [0.29, 0.717) is 24.6 Å². The van der Waals surface area contributed by atoms with Gasteiger partial charge in [-0.25, -0.2) is 17.1 Å². The van der Waals surface area contributed by atoms with Crippen LogP contribution in [0.15, 0.2) is 36.4 Å². The largest absolute Gasteiger partial charge is 0.316 e. The molecular formula is C24H28ClFN2O2S. The first-order valence-electron chi connectivity index (χ1n) is 11.1. The lowest BCUT2D eigenvalue weighted by molar-refractivity contribution is 0.259. The number of nitrogens with one attached hydrogen (secondary N) is 1. The second-order valence-corrected chi connectivity index (χ2v) is 11.8. The molecule has 1 aliphatic heterocycles. The van der Waals surface area contributed by atoms with E-state index in [2.05, 4.69) is 11.4 Å². The molecule has 2 fully saturated rings. The van der Waals surface area contributed by atoms with Gasteiger partial charge in [-0.1, -0.05) is 29.8 Å². The van der Waals surface area contributed by atoms with E-state index in [-0.39, 0.29) is 29.4 Å². The summed E-state index contributed by atoms with van der Waals surface area (Å²) in [5, 5.41) is 4.12. The molecule has 31 heavy (non-hydrogen) atoms. The van der Waals surface area contributed by atoms with Crippen LogP contribution in [0.3, 0.4) is 0 Å². The zero-order chi connectivity index (χ0) is 21.8. The van der Waals surface area contributed by atoms with Gasteiger partial charge in [-0.3, -0.25) is 0 Å². The molecule has 7 heteroatoms. The number of sulfonamides is 1. The molecule has 1 N–H and O–H groups in total. The van der Waals surface area contributed by atoms with Crippen molar-refractivity contribution in [3.63, 3.8) is 0 Å². The molecule has 2 aromatic rings. The first kappa shape index (κ1) is 21.4. The third-order valence-corrected chi connectivity index (χ3v) is 9.34. The topological polar surface area (TPSA) is 49.4 Å². The van der Waals surface area contributed by atoms with Crippen molar-refractivity contribution < 1.29 is 12.8 Å². The molecule has 2 atom stereocenters. The van der Waals surface area contributed by atoms with Crippen molar-refractivity contribution in [3.05, 3.63) is 69.5 Å². The van der Waals surface area contributed by atoms with Gasteiger partial charge in [0.2, 0.25) is 10.0 Å². The fourth-order valence-electron chi connectivity index (χ4n) is 5.10. The molecule has 2 unspecified atom stereocenters. The Bertz CT molecular complexity index is 1100. The summed E-state index contributed by atoms with van der Waals surface area (Å²) in [6.45, 7) is 0.776. The van der Waals surface area contributed by atoms with Crippen molar-refractivity contribution in [2.45, 2.75) is 43.6 Å². The summed E-state index contributed by atoms with van der Waals surface area (Å²) in [5.41, 5.74) is 4.04. The molecule has 4 nitrogen and oxygen atoms in total. The Labute approximate surface area is 188 Å². The molecular weight excluding hydrogens is 435 g/mol. The lowest BCUT2D eigenvalue weighted by Crippen LogP contribution is -2.49. The van der Waals surface area contributed by atoms with Crippen molar-refractivity contribution in [2.75, 3.05) is 25.9 Å². The summed E-state index contributed by atoms with van der Waals surface area (Å²) >= 11 is 6.18. The van der Waals surface area contributed by atoms with Gasteiger partial charge in [-0.05, 0) is 79.1 Å². The predicted molar refractivity (Wildman–Crippen MR) is 122 cm³/mol. The van der Waals surface area contributed by atoms with Crippen LogP contribution < -0.4 is 5.32 Å². The number of hydrogen-bond acceptors (Lipinski definition) is 3. The van der Waals surface area contributed by atoms with Crippen LogP contribution in [0.5, 0.6) is 0 Å². The predicted octanol–water partition coefficient (Wildman–Crippen LogP) is 4.09. The summed E-state index contributed by atoms with van der Waals surface area (Å²) in [4.78, 5) is 0. The molecule has 0 aromatic heterocycles. The fraction of sp³-hybridized carbons (Fsp3) is 0.500. The summed E-state index contributed by atoms with van der Waals surface area (Å²) in [6.07, 6.45) is 3.64. The van der Waals surface area contributed by atoms with Crippen molar-refractivity contribution in [1.82, 2.24) is 9.62 Å². The zero-order valence-corrected chi connectivity index (χ0v) is 19.2. The maximum atomic E-state index is 15.0. The Hall–Kier alpha value is -1.47. The molecule has 2 aromatic carbocycles. The molecule has 3 aliphatic rings. The van der Waals surface area contributed by atoms with Gasteiger partial charge in [0.15, 0.2) is 0 Å². The van der Waals surface area contributed by atoms with E-state index in [0.717, 1.165) is 41.8 Å². The first-order chi connectivity index (χ1) is 14.8. The van der Waals surface area contributed by atoms with Crippen LogP contribution in [0.25, 0.3) is 0 Å². The van der Waals surface area contributed by atoms with Gasteiger partial charge in [0.1, 0.15) is 5.82 Å². The molecule has 1 saturated heterocycles. The summed E-state index contributed by atoms with van der Waals surface area (Å²) in [5.74, 6) is 0.526. The fourth-order valence-corrected chi connectivity index (χ4v) is 7.27. The van der Waals surface area contributed by atoms with Crippen LogP contribution in [-0.4, -0.2) is 44.7 Å². The second kappa shape index (κ2) is 8.14. The summed E-state index contributed by atoms with van der Waals surface area (Å²) < 4.78 is 41.5. The van der Waals surface area contributed by atoms with Gasteiger partial charge in [0.25, 0.3) is 0 Å². The van der Waals surface area contributed by atoms with Crippen molar-refractivity contribution in [3.8, 4) is 0 Å². The normalized spacial score (nSPS) is 24.2. The lowest BCUT2D eigenvalue weighted by Gasteiger charge is -2.38. The third-order valence-electron chi connectivity index (χ3n) is 7.12. The van der Waals surface area contributed by atoms with E-state index in [4.69, 9.17) is 11.6 Å². The highest BCUT2D eigenvalue weighted by Gasteiger charge is 2.41. The van der Waals surface area contributed by atoms with Gasteiger partial charge in [-0.15, -0.1) is 0 Å². The van der Waals surface area contributed by atoms with Gasteiger partial charge in [-0.2, -0.15) is 0 Å². The van der Waals surface area contributed by atoms with E-state index < -0.39 is 10.0 Å².